The van der Waals surface area contributed by atoms with E-state index in [0.29, 0.717) is 0 Å². The Kier molecular flexibility index (Phi) is 5.15. The molecule has 0 N–H and O–H groups in total. The molecule has 1 fully saturated rings. The van der Waals surface area contributed by atoms with E-state index in [4.69, 9.17) is 16.1 Å². The van der Waals surface area contributed by atoms with Crippen LogP contribution in [-0.4, -0.2) is 12.9 Å². The molecule has 1 unspecified atom stereocenters. The van der Waals surface area contributed by atoms with E-state index in [1.807, 2.05) is 0 Å². The Balaban J connectivity index is 1.78. The van der Waals surface area contributed by atoms with Crippen LogP contribution in [0.3, 0.4) is 0 Å². The van der Waals surface area contributed by atoms with Crippen LogP contribution in [0.15, 0.2) is 43.0 Å². The Labute approximate surface area is 129 Å². The van der Waals surface area contributed by atoms with Gasteiger partial charge in [0.15, 0.2) is 0 Å². The van der Waals surface area contributed by atoms with Gasteiger partial charge in [0.1, 0.15) is 0 Å². The first kappa shape index (κ1) is 15.0. The van der Waals surface area contributed by atoms with Crippen molar-refractivity contribution in [3.63, 3.8) is 0 Å². The summed E-state index contributed by atoms with van der Waals surface area (Å²) in [6, 6.07) is 0. The molecule has 2 nitrogen and oxygen atoms in total. The Hall–Kier alpha value is 0.0531. The van der Waals surface area contributed by atoms with Gasteiger partial charge >= 0.3 is 130 Å². The Bertz CT molecular complexity index is 441. The zero-order chi connectivity index (χ0) is 13.8. The van der Waals surface area contributed by atoms with Crippen molar-refractivity contribution in [2.24, 2.45) is 0 Å². The van der Waals surface area contributed by atoms with E-state index in [0.717, 1.165) is 32.3 Å². The van der Waals surface area contributed by atoms with Crippen LogP contribution in [0.5, 0.6) is 0 Å². The fourth-order valence-electron chi connectivity index (χ4n) is 2.89. The fourth-order valence-corrected chi connectivity index (χ4v) is 11.6. The number of hydrogen-bond donors (Lipinski definition) is 0. The van der Waals surface area contributed by atoms with Crippen molar-refractivity contribution in [1.82, 2.24) is 0 Å². The number of ether oxygens (including phenoxy) is 1. The molecule has 108 valence electrons. The molecular weight excluding hydrogens is 351 g/mol. The summed E-state index contributed by atoms with van der Waals surface area (Å²) in [5.41, 5.74) is 0. The Morgan fingerprint density at radius 1 is 1.05 bits per heavy atom. The van der Waals surface area contributed by atoms with E-state index in [9.17, 15) is 0 Å². The summed E-state index contributed by atoms with van der Waals surface area (Å²) in [4.78, 5) is 0. The Morgan fingerprint density at radius 3 is 2.35 bits per heavy atom. The zero-order valence-corrected chi connectivity index (χ0v) is 14.9. The van der Waals surface area contributed by atoms with E-state index in [2.05, 4.69) is 36.5 Å². The molecular formula is C16H21ClO2Zr. The third kappa shape index (κ3) is 3.27. The van der Waals surface area contributed by atoms with Crippen LogP contribution >= 0.6 is 8.51 Å². The first-order valence-electron chi connectivity index (χ1n) is 7.50. The summed E-state index contributed by atoms with van der Waals surface area (Å²) in [5, 5.41) is 0. The molecule has 3 rings (SSSR count). The van der Waals surface area contributed by atoms with Gasteiger partial charge in [0.25, 0.3) is 0 Å². The molecule has 0 radical (unpaired) electrons. The van der Waals surface area contributed by atoms with E-state index in [1.165, 1.54) is 19.4 Å². The van der Waals surface area contributed by atoms with Gasteiger partial charge in [-0.15, -0.1) is 0 Å². The summed E-state index contributed by atoms with van der Waals surface area (Å²) in [6.45, 7) is 0.804. The summed E-state index contributed by atoms with van der Waals surface area (Å²) < 4.78 is 15.0. The van der Waals surface area contributed by atoms with Crippen LogP contribution in [0.2, 0.25) is 0 Å². The van der Waals surface area contributed by atoms with Crippen molar-refractivity contribution in [2.45, 2.75) is 44.8 Å². The van der Waals surface area contributed by atoms with Crippen LogP contribution in [-0.2, 0) is 27.1 Å². The summed E-state index contributed by atoms with van der Waals surface area (Å²) in [5.74, 6) is 0. The SMILES string of the molecule is [Cl][Zr]([O]C1CCCCCO1)([C]1=CC=CC1)[C]1=CC=CC1. The summed E-state index contributed by atoms with van der Waals surface area (Å²) in [7, 11) is 7.13. The normalized spacial score (nSPS) is 26.6. The van der Waals surface area contributed by atoms with Gasteiger partial charge in [-0.3, -0.25) is 0 Å². The number of hydrogen-bond acceptors (Lipinski definition) is 2. The molecule has 0 saturated carbocycles. The van der Waals surface area contributed by atoms with Gasteiger partial charge in [-0.05, 0) is 0 Å². The molecule has 0 amide bonds. The van der Waals surface area contributed by atoms with Gasteiger partial charge in [-0.2, -0.15) is 0 Å². The third-order valence-corrected chi connectivity index (χ3v) is 14.8. The molecule has 20 heavy (non-hydrogen) atoms. The molecule has 0 aromatic rings. The molecule has 3 aliphatic rings. The van der Waals surface area contributed by atoms with Gasteiger partial charge in [0.2, 0.25) is 0 Å². The van der Waals surface area contributed by atoms with Gasteiger partial charge < -0.3 is 0 Å². The first-order valence-corrected chi connectivity index (χ1v) is 14.1. The van der Waals surface area contributed by atoms with E-state index < -0.39 is 19.5 Å². The zero-order valence-electron chi connectivity index (χ0n) is 11.7. The molecule has 1 heterocycles. The average Bonchev–Trinajstić information content (AvgIpc) is 3.11. The van der Waals surface area contributed by atoms with Crippen LogP contribution < -0.4 is 0 Å². The van der Waals surface area contributed by atoms with Crippen molar-refractivity contribution < 1.29 is 27.1 Å². The first-order chi connectivity index (χ1) is 9.79. The molecule has 0 spiro atoms. The quantitative estimate of drug-likeness (QED) is 0.704. The van der Waals surface area contributed by atoms with E-state index >= 15 is 0 Å². The molecule has 0 bridgehead atoms. The van der Waals surface area contributed by atoms with Crippen LogP contribution in [0, 0.1) is 0 Å². The van der Waals surface area contributed by atoms with Crippen molar-refractivity contribution >= 4 is 8.51 Å². The van der Waals surface area contributed by atoms with Crippen molar-refractivity contribution in [1.29, 1.82) is 0 Å². The third-order valence-electron chi connectivity index (χ3n) is 4.05. The minimum atomic E-state index is -3.42. The second-order valence-corrected chi connectivity index (χ2v) is 15.3. The van der Waals surface area contributed by atoms with E-state index in [-0.39, 0.29) is 6.29 Å². The van der Waals surface area contributed by atoms with Crippen molar-refractivity contribution in [3.05, 3.63) is 43.0 Å². The van der Waals surface area contributed by atoms with Gasteiger partial charge in [0.05, 0.1) is 0 Å². The minimum absolute atomic E-state index is 0.103. The van der Waals surface area contributed by atoms with Gasteiger partial charge in [-0.25, -0.2) is 0 Å². The molecule has 0 aromatic carbocycles. The number of halogens is 1. The average molecular weight is 372 g/mol. The maximum absolute atomic E-state index is 7.13. The number of allylic oxidation sites excluding steroid dienone is 8. The molecule has 0 aromatic heterocycles. The van der Waals surface area contributed by atoms with Crippen LogP contribution in [0.4, 0.5) is 0 Å². The second-order valence-electron chi connectivity index (χ2n) is 5.51. The topological polar surface area (TPSA) is 18.5 Å². The molecule has 1 saturated heterocycles. The van der Waals surface area contributed by atoms with E-state index in [1.54, 1.807) is 0 Å². The second kappa shape index (κ2) is 6.88. The summed E-state index contributed by atoms with van der Waals surface area (Å²) >= 11 is -3.42. The predicted octanol–water partition coefficient (Wildman–Crippen LogP) is 4.83. The fraction of sp³-hybridized carbons (Fsp3) is 0.500. The van der Waals surface area contributed by atoms with Crippen molar-refractivity contribution in [2.75, 3.05) is 6.61 Å². The molecule has 2 aliphatic carbocycles. The van der Waals surface area contributed by atoms with Gasteiger partial charge in [-0.1, -0.05) is 0 Å². The van der Waals surface area contributed by atoms with Crippen LogP contribution in [0.25, 0.3) is 0 Å². The molecule has 1 aliphatic heterocycles. The summed E-state index contributed by atoms with van der Waals surface area (Å²) in [6.07, 6.45) is 19.2. The van der Waals surface area contributed by atoms with Crippen LogP contribution in [0.1, 0.15) is 38.5 Å². The number of rotatable bonds is 4. The monoisotopic (exact) mass is 370 g/mol. The van der Waals surface area contributed by atoms with Gasteiger partial charge in [0, 0.05) is 0 Å². The maximum atomic E-state index is 7.13. The Morgan fingerprint density at radius 2 is 1.75 bits per heavy atom. The molecule has 1 atom stereocenters. The van der Waals surface area contributed by atoms with Crippen molar-refractivity contribution in [3.8, 4) is 0 Å². The standard InChI is InChI=1S/C6H11O2.2C5H5.ClH.Zr/c7-6-4-2-1-3-5-8-6;2*1-2-4-5-3-1;;/h6H,1-5H2;2*1-3H,4H2;1H;/q-1;;;;+2/p-1. The molecule has 4 heteroatoms. The predicted molar refractivity (Wildman–Crippen MR) is 78.8 cm³/mol.